The fourth-order valence-electron chi connectivity index (χ4n) is 3.50. The van der Waals surface area contributed by atoms with Gasteiger partial charge in [-0.3, -0.25) is 9.36 Å². The molecule has 0 bridgehead atoms. The van der Waals surface area contributed by atoms with E-state index in [9.17, 15) is 14.0 Å². The highest BCUT2D eigenvalue weighted by Crippen LogP contribution is 2.43. The second-order valence-electron chi connectivity index (χ2n) is 6.70. The van der Waals surface area contributed by atoms with Gasteiger partial charge in [0.25, 0.3) is 5.56 Å². The van der Waals surface area contributed by atoms with Gasteiger partial charge < -0.3 is 21.2 Å². The van der Waals surface area contributed by atoms with Crippen molar-refractivity contribution < 1.29 is 9.13 Å². The molecule has 2 fully saturated rings. The number of methoxy groups -OCH3 is 1. The van der Waals surface area contributed by atoms with Crippen LogP contribution in [0.4, 0.5) is 10.1 Å². The SMILES string of the molecule is COc1c(N2CC(CN)C2)c(F)cc2c(=O)n(N)c(=O)n(C3CC3)c12.Cl. The third-order valence-corrected chi connectivity index (χ3v) is 5.01. The van der Waals surface area contributed by atoms with Crippen LogP contribution in [0.15, 0.2) is 15.7 Å². The number of rotatable bonds is 4. The predicted octanol–water partition coefficient (Wildman–Crippen LogP) is 0.176. The van der Waals surface area contributed by atoms with Crippen LogP contribution in [0.5, 0.6) is 5.75 Å². The minimum absolute atomic E-state index is 0. The molecule has 4 N–H and O–H groups in total. The van der Waals surface area contributed by atoms with Crippen molar-refractivity contribution in [3.05, 3.63) is 32.7 Å². The maximum atomic E-state index is 14.8. The molecule has 0 unspecified atom stereocenters. The topological polar surface area (TPSA) is 109 Å². The molecule has 4 rings (SSSR count). The molecule has 0 radical (unpaired) electrons. The number of nitrogens with two attached hydrogens (primary N) is 2. The number of hydrogen-bond donors (Lipinski definition) is 2. The number of nitrogen functional groups attached to an aromatic ring is 1. The number of benzene rings is 1. The first kappa shape index (κ1) is 18.5. The molecule has 2 heterocycles. The van der Waals surface area contributed by atoms with Crippen LogP contribution in [-0.2, 0) is 0 Å². The Bertz CT molecular complexity index is 979. The molecule has 1 saturated heterocycles. The summed E-state index contributed by atoms with van der Waals surface area (Å²) in [5, 5.41) is 0.0444. The van der Waals surface area contributed by atoms with Gasteiger partial charge in [0.1, 0.15) is 11.2 Å². The second kappa shape index (κ2) is 6.48. The Morgan fingerprint density at radius 2 is 1.96 bits per heavy atom. The minimum Gasteiger partial charge on any atom is -0.492 e. The molecule has 10 heteroatoms. The molecule has 0 amide bonds. The molecule has 2 aliphatic rings. The van der Waals surface area contributed by atoms with Crippen molar-refractivity contribution >= 4 is 29.0 Å². The molecular formula is C16H21ClFN5O3. The van der Waals surface area contributed by atoms with Crippen molar-refractivity contribution in [3.8, 4) is 5.75 Å². The molecule has 0 spiro atoms. The molecule has 1 saturated carbocycles. The molecule has 26 heavy (non-hydrogen) atoms. The highest BCUT2D eigenvalue weighted by molar-refractivity contribution is 5.91. The normalized spacial score (nSPS) is 17.1. The third-order valence-electron chi connectivity index (χ3n) is 5.01. The molecule has 1 aliphatic heterocycles. The monoisotopic (exact) mass is 385 g/mol. The molecular weight excluding hydrogens is 365 g/mol. The number of halogens is 2. The van der Waals surface area contributed by atoms with Crippen LogP contribution in [-0.4, -0.2) is 36.0 Å². The van der Waals surface area contributed by atoms with E-state index in [2.05, 4.69) is 0 Å². The fraction of sp³-hybridized carbons (Fsp3) is 0.500. The summed E-state index contributed by atoms with van der Waals surface area (Å²) in [6.45, 7) is 1.74. The van der Waals surface area contributed by atoms with Gasteiger partial charge in [0, 0.05) is 25.0 Å². The van der Waals surface area contributed by atoms with E-state index < -0.39 is 17.1 Å². The lowest BCUT2D eigenvalue weighted by Crippen LogP contribution is -2.50. The lowest BCUT2D eigenvalue weighted by molar-refractivity contribution is 0.385. The van der Waals surface area contributed by atoms with E-state index in [4.69, 9.17) is 16.3 Å². The molecule has 1 aliphatic carbocycles. The van der Waals surface area contributed by atoms with E-state index in [-0.39, 0.29) is 35.3 Å². The summed E-state index contributed by atoms with van der Waals surface area (Å²) in [7, 11) is 1.41. The Kier molecular flexibility index (Phi) is 4.61. The van der Waals surface area contributed by atoms with Gasteiger partial charge in [0.2, 0.25) is 0 Å². The standard InChI is InChI=1S/C16H20FN5O3.ClH/c1-25-14-12-10(4-11(17)13(14)20-6-8(5-18)7-20)15(23)22(19)16(24)21(12)9-2-3-9;/h4,8-9H,2-3,5-7,18-19H2,1H3;1H. The van der Waals surface area contributed by atoms with Crippen LogP contribution >= 0.6 is 12.4 Å². The molecule has 1 aromatic carbocycles. The van der Waals surface area contributed by atoms with E-state index in [0.717, 1.165) is 18.9 Å². The summed E-state index contributed by atoms with van der Waals surface area (Å²) in [4.78, 5) is 26.7. The van der Waals surface area contributed by atoms with Gasteiger partial charge >= 0.3 is 5.69 Å². The fourth-order valence-corrected chi connectivity index (χ4v) is 3.50. The van der Waals surface area contributed by atoms with E-state index in [1.54, 1.807) is 0 Å². The highest BCUT2D eigenvalue weighted by Gasteiger charge is 2.35. The largest absolute Gasteiger partial charge is 0.492 e. The van der Waals surface area contributed by atoms with Crippen molar-refractivity contribution in [1.29, 1.82) is 0 Å². The summed E-state index contributed by atoms with van der Waals surface area (Å²) in [6, 6.07) is 1.10. The predicted molar refractivity (Wildman–Crippen MR) is 99.4 cm³/mol. The minimum atomic E-state index is -0.732. The zero-order chi connectivity index (χ0) is 17.9. The second-order valence-corrected chi connectivity index (χ2v) is 6.70. The van der Waals surface area contributed by atoms with E-state index >= 15 is 0 Å². The van der Waals surface area contributed by atoms with Crippen LogP contribution in [0.1, 0.15) is 18.9 Å². The first-order valence-corrected chi connectivity index (χ1v) is 8.25. The van der Waals surface area contributed by atoms with Crippen LogP contribution in [0, 0.1) is 11.7 Å². The van der Waals surface area contributed by atoms with Crippen molar-refractivity contribution in [2.45, 2.75) is 18.9 Å². The van der Waals surface area contributed by atoms with Gasteiger partial charge in [-0.1, -0.05) is 0 Å². The molecule has 2 aromatic rings. The quantitative estimate of drug-likeness (QED) is 0.726. The number of hydrogen-bond acceptors (Lipinski definition) is 6. The van der Waals surface area contributed by atoms with E-state index in [0.29, 0.717) is 35.7 Å². The summed E-state index contributed by atoms with van der Waals surface area (Å²) < 4.78 is 22.3. The van der Waals surface area contributed by atoms with Crippen LogP contribution in [0.3, 0.4) is 0 Å². The van der Waals surface area contributed by atoms with Gasteiger partial charge in [-0.2, -0.15) is 4.68 Å². The third kappa shape index (κ3) is 2.53. The van der Waals surface area contributed by atoms with Crippen molar-refractivity contribution in [2.75, 3.05) is 37.5 Å². The smallest absolute Gasteiger partial charge is 0.350 e. The van der Waals surface area contributed by atoms with Gasteiger partial charge in [-0.15, -0.1) is 12.4 Å². The molecule has 0 atom stereocenters. The maximum Gasteiger partial charge on any atom is 0.350 e. The van der Waals surface area contributed by atoms with Gasteiger partial charge in [-0.05, 0) is 25.5 Å². The Labute approximate surface area is 154 Å². The zero-order valence-electron chi connectivity index (χ0n) is 14.3. The molecule has 1 aromatic heterocycles. The molecule has 8 nitrogen and oxygen atoms in total. The molecule has 142 valence electrons. The highest BCUT2D eigenvalue weighted by atomic mass is 35.5. The van der Waals surface area contributed by atoms with E-state index in [1.165, 1.54) is 11.7 Å². The Balaban J connectivity index is 0.00000196. The number of anilines is 1. The summed E-state index contributed by atoms with van der Waals surface area (Å²) in [5.74, 6) is 5.53. The Hall–Kier alpha value is -2.26. The Morgan fingerprint density at radius 1 is 1.31 bits per heavy atom. The lowest BCUT2D eigenvalue weighted by Gasteiger charge is -2.41. The van der Waals surface area contributed by atoms with E-state index in [1.807, 2.05) is 4.90 Å². The Morgan fingerprint density at radius 3 is 2.50 bits per heavy atom. The van der Waals surface area contributed by atoms with Crippen molar-refractivity contribution in [1.82, 2.24) is 9.24 Å². The number of fused-ring (bicyclic) bond motifs is 1. The summed E-state index contributed by atoms with van der Waals surface area (Å²) in [5.41, 5.74) is 4.88. The van der Waals surface area contributed by atoms with Gasteiger partial charge in [0.15, 0.2) is 11.6 Å². The van der Waals surface area contributed by atoms with Crippen molar-refractivity contribution in [3.63, 3.8) is 0 Å². The zero-order valence-corrected chi connectivity index (χ0v) is 15.1. The summed E-state index contributed by atoms with van der Waals surface area (Å²) >= 11 is 0. The average molecular weight is 386 g/mol. The van der Waals surface area contributed by atoms with Crippen LogP contribution in [0.25, 0.3) is 10.9 Å². The average Bonchev–Trinajstić information content (AvgIpc) is 3.38. The van der Waals surface area contributed by atoms with Crippen molar-refractivity contribution in [2.24, 2.45) is 11.7 Å². The van der Waals surface area contributed by atoms with Crippen LogP contribution < -0.4 is 32.5 Å². The van der Waals surface area contributed by atoms with Gasteiger partial charge in [-0.25, -0.2) is 9.18 Å². The van der Waals surface area contributed by atoms with Gasteiger partial charge in [0.05, 0.1) is 12.5 Å². The number of ether oxygens (including phenoxy) is 1. The first-order valence-electron chi connectivity index (χ1n) is 8.25. The maximum absolute atomic E-state index is 14.8. The number of nitrogens with zero attached hydrogens (tertiary/aromatic N) is 3. The summed E-state index contributed by atoms with van der Waals surface area (Å²) in [6.07, 6.45) is 1.62. The number of aromatic nitrogens is 2. The lowest BCUT2D eigenvalue weighted by atomic mass is 9.98. The first-order chi connectivity index (χ1) is 12.0. The van der Waals surface area contributed by atoms with Crippen LogP contribution in [0.2, 0.25) is 0 Å².